The zero-order valence-electron chi connectivity index (χ0n) is 15.7. The molecule has 1 N–H and O–H groups in total. The Kier molecular flexibility index (Phi) is 20.5. The van der Waals surface area contributed by atoms with Gasteiger partial charge in [-0.05, 0) is 51.8 Å². The molecule has 1 aromatic rings. The largest absolute Gasteiger partial charge is 0.320 e. The maximum absolute atomic E-state index is 2.93. The van der Waals surface area contributed by atoms with E-state index in [-0.39, 0.29) is 0 Å². The standard InChI is InChI=1S/C16H22.C3H9N.C2H6/c1-3-5-10-15(4-2)13-9-14-16-11-7-6-8-12-16;1-3-4-2;1-2/h4-8,10-12H,3,9,13-14H2,1-2H3;4H,3H2,1-2H3;1-2H3/b10-5-,15-4+;;. The molecule has 0 aliphatic heterocycles. The van der Waals surface area contributed by atoms with E-state index in [0.717, 1.165) is 13.0 Å². The first-order chi connectivity index (χ1) is 10.8. The molecular weight excluding hydrogens is 266 g/mol. The molecule has 1 nitrogen and oxygen atoms in total. The minimum Gasteiger partial charge on any atom is -0.320 e. The van der Waals surface area contributed by atoms with Crippen LogP contribution >= 0.6 is 0 Å². The SMILES string of the molecule is C/C=C(\C=C/CC)CCCc1ccccc1.CC.CCNC. The number of nitrogens with one attached hydrogen (secondary N) is 1. The van der Waals surface area contributed by atoms with Gasteiger partial charge in [0.1, 0.15) is 0 Å². The summed E-state index contributed by atoms with van der Waals surface area (Å²) in [5.41, 5.74) is 2.90. The van der Waals surface area contributed by atoms with E-state index in [1.54, 1.807) is 0 Å². The highest BCUT2D eigenvalue weighted by atomic mass is 14.8. The Balaban J connectivity index is 0. The molecule has 0 bridgehead atoms. The molecule has 0 aliphatic rings. The average Bonchev–Trinajstić information content (AvgIpc) is 2.60. The highest BCUT2D eigenvalue weighted by Gasteiger charge is 1.94. The maximum atomic E-state index is 2.93. The van der Waals surface area contributed by atoms with Gasteiger partial charge >= 0.3 is 0 Å². The predicted octanol–water partition coefficient (Wildman–Crippen LogP) is 6.17. The molecular formula is C21H37N. The Morgan fingerprint density at radius 3 is 2.14 bits per heavy atom. The molecule has 0 saturated carbocycles. The molecule has 0 fully saturated rings. The zero-order chi connectivity index (χ0) is 17.1. The van der Waals surface area contributed by atoms with Crippen LogP contribution in [-0.4, -0.2) is 13.6 Å². The van der Waals surface area contributed by atoms with Gasteiger partial charge in [-0.2, -0.15) is 0 Å². The molecule has 0 unspecified atom stereocenters. The Morgan fingerprint density at radius 1 is 1.09 bits per heavy atom. The fourth-order valence-corrected chi connectivity index (χ4v) is 1.73. The van der Waals surface area contributed by atoms with Crippen LogP contribution in [0.3, 0.4) is 0 Å². The molecule has 0 aromatic heterocycles. The van der Waals surface area contributed by atoms with Gasteiger partial charge in [0.25, 0.3) is 0 Å². The van der Waals surface area contributed by atoms with E-state index in [4.69, 9.17) is 0 Å². The van der Waals surface area contributed by atoms with Gasteiger partial charge in [-0.25, -0.2) is 0 Å². The Labute approximate surface area is 139 Å². The summed E-state index contributed by atoms with van der Waals surface area (Å²) in [6.45, 7) is 11.4. The molecule has 0 amide bonds. The van der Waals surface area contributed by atoms with E-state index in [1.165, 1.54) is 30.4 Å². The molecule has 0 aliphatic carbocycles. The van der Waals surface area contributed by atoms with Crippen molar-refractivity contribution in [3.8, 4) is 0 Å². The van der Waals surface area contributed by atoms with Crippen LogP contribution in [0.2, 0.25) is 0 Å². The summed E-state index contributed by atoms with van der Waals surface area (Å²) < 4.78 is 0. The van der Waals surface area contributed by atoms with Crippen molar-refractivity contribution >= 4 is 0 Å². The highest BCUT2D eigenvalue weighted by molar-refractivity contribution is 5.19. The van der Waals surface area contributed by atoms with E-state index >= 15 is 0 Å². The predicted molar refractivity (Wildman–Crippen MR) is 104 cm³/mol. The van der Waals surface area contributed by atoms with Crippen LogP contribution in [-0.2, 0) is 6.42 Å². The number of aryl methyl sites for hydroxylation is 1. The van der Waals surface area contributed by atoms with Crippen molar-refractivity contribution in [1.82, 2.24) is 5.32 Å². The summed E-state index contributed by atoms with van der Waals surface area (Å²) in [6.07, 6.45) is 11.4. The zero-order valence-corrected chi connectivity index (χ0v) is 15.7. The molecule has 0 heterocycles. The van der Waals surface area contributed by atoms with Crippen LogP contribution in [0.4, 0.5) is 0 Å². The van der Waals surface area contributed by atoms with E-state index in [9.17, 15) is 0 Å². The van der Waals surface area contributed by atoms with Gasteiger partial charge < -0.3 is 5.32 Å². The van der Waals surface area contributed by atoms with Gasteiger partial charge in [0, 0.05) is 0 Å². The average molecular weight is 304 g/mol. The van der Waals surface area contributed by atoms with Gasteiger partial charge in [0.05, 0.1) is 0 Å². The van der Waals surface area contributed by atoms with Crippen LogP contribution in [0.25, 0.3) is 0 Å². The number of hydrogen-bond acceptors (Lipinski definition) is 1. The Hall–Kier alpha value is -1.34. The van der Waals surface area contributed by atoms with Crippen LogP contribution in [0.5, 0.6) is 0 Å². The van der Waals surface area contributed by atoms with E-state index < -0.39 is 0 Å². The van der Waals surface area contributed by atoms with Gasteiger partial charge in [-0.3, -0.25) is 0 Å². The molecule has 0 atom stereocenters. The lowest BCUT2D eigenvalue weighted by molar-refractivity contribution is 0.822. The third-order valence-corrected chi connectivity index (χ3v) is 3.07. The lowest BCUT2D eigenvalue weighted by Crippen LogP contribution is -2.01. The van der Waals surface area contributed by atoms with Gasteiger partial charge in [-0.1, -0.05) is 81.8 Å². The highest BCUT2D eigenvalue weighted by Crippen LogP contribution is 2.11. The molecule has 1 aromatic carbocycles. The Bertz CT molecular complexity index is 361. The van der Waals surface area contributed by atoms with Crippen molar-refractivity contribution in [3.63, 3.8) is 0 Å². The molecule has 0 spiro atoms. The lowest BCUT2D eigenvalue weighted by atomic mass is 10.0. The van der Waals surface area contributed by atoms with Crippen LogP contribution in [0, 0.1) is 0 Å². The smallest absolute Gasteiger partial charge is 0.00804 e. The quantitative estimate of drug-likeness (QED) is 0.594. The first-order valence-corrected chi connectivity index (χ1v) is 8.78. The molecule has 0 radical (unpaired) electrons. The molecule has 1 rings (SSSR count). The molecule has 1 heteroatoms. The molecule has 126 valence electrons. The van der Waals surface area contributed by atoms with Crippen LogP contribution in [0.15, 0.2) is 54.1 Å². The maximum Gasteiger partial charge on any atom is -0.00804 e. The van der Waals surface area contributed by atoms with Gasteiger partial charge in [0.15, 0.2) is 0 Å². The third-order valence-electron chi connectivity index (χ3n) is 3.07. The summed E-state index contributed by atoms with van der Waals surface area (Å²) in [6, 6.07) is 10.7. The first-order valence-electron chi connectivity index (χ1n) is 8.78. The molecule has 0 saturated heterocycles. The van der Waals surface area contributed by atoms with E-state index in [1.807, 2.05) is 20.9 Å². The third kappa shape index (κ3) is 15.1. The fourth-order valence-electron chi connectivity index (χ4n) is 1.73. The number of hydrogen-bond donors (Lipinski definition) is 1. The number of allylic oxidation sites excluding steroid dienone is 4. The second-order valence-corrected chi connectivity index (χ2v) is 4.72. The van der Waals surface area contributed by atoms with Gasteiger partial charge in [-0.15, -0.1) is 0 Å². The summed E-state index contributed by atoms with van der Waals surface area (Å²) >= 11 is 0. The lowest BCUT2D eigenvalue weighted by Gasteiger charge is -2.02. The number of rotatable bonds is 7. The van der Waals surface area contributed by atoms with Crippen molar-refractivity contribution in [2.24, 2.45) is 0 Å². The summed E-state index contributed by atoms with van der Waals surface area (Å²) in [5, 5.41) is 2.93. The van der Waals surface area contributed by atoms with Crippen LogP contribution in [0.1, 0.15) is 59.4 Å². The second kappa shape index (κ2) is 19.7. The van der Waals surface area contributed by atoms with Crippen LogP contribution < -0.4 is 5.32 Å². The van der Waals surface area contributed by atoms with E-state index in [0.29, 0.717) is 0 Å². The van der Waals surface area contributed by atoms with E-state index in [2.05, 4.69) is 74.6 Å². The van der Waals surface area contributed by atoms with Gasteiger partial charge in [0.2, 0.25) is 0 Å². The van der Waals surface area contributed by atoms with Crippen molar-refractivity contribution in [1.29, 1.82) is 0 Å². The molecule has 22 heavy (non-hydrogen) atoms. The van der Waals surface area contributed by atoms with Crippen molar-refractivity contribution < 1.29 is 0 Å². The van der Waals surface area contributed by atoms with Crippen molar-refractivity contribution in [2.75, 3.05) is 13.6 Å². The van der Waals surface area contributed by atoms with Crippen molar-refractivity contribution in [3.05, 3.63) is 59.7 Å². The fraction of sp³-hybridized carbons (Fsp3) is 0.524. The second-order valence-electron chi connectivity index (χ2n) is 4.72. The summed E-state index contributed by atoms with van der Waals surface area (Å²) in [7, 11) is 1.93. The topological polar surface area (TPSA) is 12.0 Å². The number of benzene rings is 1. The monoisotopic (exact) mass is 303 g/mol. The Morgan fingerprint density at radius 2 is 1.68 bits per heavy atom. The van der Waals surface area contributed by atoms with Crippen molar-refractivity contribution in [2.45, 2.75) is 60.3 Å². The first kappa shape index (κ1) is 22.9. The minimum absolute atomic E-state index is 1.07. The minimum atomic E-state index is 1.07. The normalized spacial score (nSPS) is 10.5. The summed E-state index contributed by atoms with van der Waals surface area (Å²) in [5.74, 6) is 0. The summed E-state index contributed by atoms with van der Waals surface area (Å²) in [4.78, 5) is 0.